The largest absolute Gasteiger partial charge is 0.468 e. The van der Waals surface area contributed by atoms with Crippen molar-refractivity contribution < 1.29 is 33.0 Å². The molecule has 1 aromatic heterocycles. The van der Waals surface area contributed by atoms with Gasteiger partial charge in [0.05, 0.1) is 25.4 Å². The molecule has 1 aromatic carbocycles. The van der Waals surface area contributed by atoms with E-state index in [-0.39, 0.29) is 17.7 Å². The summed E-state index contributed by atoms with van der Waals surface area (Å²) in [7, 11) is -2.95. The van der Waals surface area contributed by atoms with Crippen LogP contribution in [0.25, 0.3) is 6.08 Å². The second-order valence-corrected chi connectivity index (χ2v) is 9.77. The molecular formula is C21H25BrN3O9P. The summed E-state index contributed by atoms with van der Waals surface area (Å²) in [6.07, 6.45) is -0.224. The fraction of sp³-hybridized carbons (Fsp3) is 0.381. The molecule has 1 aliphatic rings. The quantitative estimate of drug-likeness (QED) is 0.283. The first-order valence-electron chi connectivity index (χ1n) is 10.5. The molecule has 0 spiro atoms. The number of aliphatic hydroxyl groups excluding tert-OH is 1. The first kappa shape index (κ1) is 27.1. The summed E-state index contributed by atoms with van der Waals surface area (Å²) in [6, 6.07) is 7.15. The number of methoxy groups -OCH3 is 1. The summed E-state index contributed by atoms with van der Waals surface area (Å²) in [5.41, 5.74) is -1.10. The number of H-pyrrole nitrogens is 1. The lowest BCUT2D eigenvalue weighted by molar-refractivity contribution is -0.142. The number of rotatable bonds is 10. The zero-order valence-corrected chi connectivity index (χ0v) is 21.3. The number of benzene rings is 1. The van der Waals surface area contributed by atoms with Gasteiger partial charge in [0.1, 0.15) is 24.1 Å². The molecule has 3 N–H and O–H groups in total. The lowest BCUT2D eigenvalue weighted by Gasteiger charge is -2.24. The normalized spacial score (nSPS) is 22.6. The van der Waals surface area contributed by atoms with Crippen molar-refractivity contribution in [1.29, 1.82) is 0 Å². The minimum absolute atomic E-state index is 0.00722. The standard InChI is InChI=1S/C21H25BrN3O9P/c1-13(20(28)31-2)24-35(30,34-15-6-4-3-5-7-15)32-12-17-16(26)10-18(33-17)25-11-14(8-9-22)19(27)23-21(25)29/h3-9,11,13,16-18,26H,10,12H2,1-2H3,(H,24,30)(H,23,27,29). The van der Waals surface area contributed by atoms with Crippen molar-refractivity contribution in [1.82, 2.24) is 14.6 Å². The molecule has 0 amide bonds. The van der Waals surface area contributed by atoms with Crippen LogP contribution in [0.3, 0.4) is 0 Å². The highest BCUT2D eigenvalue weighted by Gasteiger charge is 2.39. The molecule has 5 unspecified atom stereocenters. The van der Waals surface area contributed by atoms with E-state index < -0.39 is 56.0 Å². The molecular weight excluding hydrogens is 549 g/mol. The molecule has 1 aliphatic heterocycles. The van der Waals surface area contributed by atoms with Gasteiger partial charge in [-0.05, 0) is 30.1 Å². The number of hydrogen-bond acceptors (Lipinski definition) is 9. The van der Waals surface area contributed by atoms with Crippen LogP contribution in [0, 0.1) is 0 Å². The second-order valence-electron chi connectivity index (χ2n) is 7.55. The SMILES string of the molecule is COC(=O)C(C)NP(=O)(OCC1OC(n2cc(C=CBr)c(=O)[nH]c2=O)CC1O)Oc1ccccc1. The van der Waals surface area contributed by atoms with Crippen molar-refractivity contribution in [2.45, 2.75) is 37.8 Å². The van der Waals surface area contributed by atoms with Gasteiger partial charge in [0.25, 0.3) is 5.56 Å². The Morgan fingerprint density at radius 3 is 2.77 bits per heavy atom. The number of aromatic amines is 1. The molecule has 35 heavy (non-hydrogen) atoms. The van der Waals surface area contributed by atoms with E-state index in [0.29, 0.717) is 0 Å². The molecule has 5 atom stereocenters. The van der Waals surface area contributed by atoms with E-state index in [9.17, 15) is 24.1 Å². The number of carbonyl (C=O) groups excluding carboxylic acids is 1. The maximum atomic E-state index is 13.4. The van der Waals surface area contributed by atoms with E-state index in [2.05, 4.69) is 30.7 Å². The van der Waals surface area contributed by atoms with E-state index in [4.69, 9.17) is 13.8 Å². The molecule has 14 heteroatoms. The van der Waals surface area contributed by atoms with Crippen LogP contribution in [0.5, 0.6) is 5.75 Å². The van der Waals surface area contributed by atoms with E-state index >= 15 is 0 Å². The number of nitrogens with one attached hydrogen (secondary N) is 2. The van der Waals surface area contributed by atoms with Crippen molar-refractivity contribution >= 4 is 35.7 Å². The van der Waals surface area contributed by atoms with E-state index in [1.54, 1.807) is 30.3 Å². The Kier molecular flexibility index (Phi) is 9.22. The average Bonchev–Trinajstić information content (AvgIpc) is 3.19. The number of nitrogens with zero attached hydrogens (tertiary/aromatic N) is 1. The van der Waals surface area contributed by atoms with Gasteiger partial charge in [0.2, 0.25) is 0 Å². The molecule has 190 valence electrons. The Labute approximate surface area is 208 Å². The average molecular weight is 574 g/mol. The molecule has 0 bridgehead atoms. The highest BCUT2D eigenvalue weighted by Crippen LogP contribution is 2.45. The van der Waals surface area contributed by atoms with Gasteiger partial charge in [-0.2, -0.15) is 5.09 Å². The molecule has 1 fully saturated rings. The summed E-state index contributed by atoms with van der Waals surface area (Å²) in [5, 5.41) is 13.0. The number of esters is 1. The summed E-state index contributed by atoms with van der Waals surface area (Å²) >= 11 is 3.08. The van der Waals surface area contributed by atoms with Crippen LogP contribution in [-0.2, 0) is 23.4 Å². The predicted octanol–water partition coefficient (Wildman–Crippen LogP) is 1.91. The van der Waals surface area contributed by atoms with Crippen molar-refractivity contribution in [2.24, 2.45) is 0 Å². The van der Waals surface area contributed by atoms with E-state index in [1.165, 1.54) is 31.3 Å². The van der Waals surface area contributed by atoms with Crippen LogP contribution < -0.4 is 20.9 Å². The van der Waals surface area contributed by atoms with E-state index in [0.717, 1.165) is 4.57 Å². The van der Waals surface area contributed by atoms with Gasteiger partial charge in [-0.3, -0.25) is 23.7 Å². The Hall–Kier alpha value is -2.54. The summed E-state index contributed by atoms with van der Waals surface area (Å²) in [6.45, 7) is 1.03. The van der Waals surface area contributed by atoms with Crippen LogP contribution in [0.15, 0.2) is 51.1 Å². The molecule has 2 aromatic rings. The molecule has 0 aliphatic carbocycles. The van der Waals surface area contributed by atoms with Crippen LogP contribution in [0.2, 0.25) is 0 Å². The minimum atomic E-state index is -4.14. The van der Waals surface area contributed by atoms with Crippen LogP contribution >= 0.6 is 23.7 Å². The Morgan fingerprint density at radius 1 is 1.40 bits per heavy atom. The minimum Gasteiger partial charge on any atom is -0.468 e. The first-order valence-corrected chi connectivity index (χ1v) is 12.9. The van der Waals surface area contributed by atoms with Crippen LogP contribution in [-0.4, -0.2) is 52.6 Å². The maximum Gasteiger partial charge on any atom is 0.459 e. The zero-order valence-electron chi connectivity index (χ0n) is 18.8. The zero-order chi connectivity index (χ0) is 25.6. The van der Waals surface area contributed by atoms with Crippen molar-refractivity contribution in [3.05, 3.63) is 67.9 Å². The van der Waals surface area contributed by atoms with Gasteiger partial charge in [0.15, 0.2) is 0 Å². The fourth-order valence-electron chi connectivity index (χ4n) is 3.29. The Balaban J connectivity index is 1.75. The number of halogens is 1. The topological polar surface area (TPSA) is 158 Å². The number of ether oxygens (including phenoxy) is 2. The van der Waals surface area contributed by atoms with Crippen molar-refractivity contribution in [2.75, 3.05) is 13.7 Å². The van der Waals surface area contributed by atoms with Crippen molar-refractivity contribution in [3.8, 4) is 5.75 Å². The highest BCUT2D eigenvalue weighted by molar-refractivity contribution is 9.11. The van der Waals surface area contributed by atoms with Gasteiger partial charge in [-0.25, -0.2) is 9.36 Å². The van der Waals surface area contributed by atoms with Crippen LogP contribution in [0.1, 0.15) is 25.1 Å². The summed E-state index contributed by atoms with van der Waals surface area (Å²) in [4.78, 5) is 39.7. The third-order valence-electron chi connectivity index (χ3n) is 5.04. The first-order chi connectivity index (χ1) is 16.7. The fourth-order valence-corrected chi connectivity index (χ4v) is 5.07. The van der Waals surface area contributed by atoms with Gasteiger partial charge >= 0.3 is 19.4 Å². The number of aliphatic hydroxyl groups is 1. The molecule has 12 nitrogen and oxygen atoms in total. The summed E-state index contributed by atoms with van der Waals surface area (Å²) < 4.78 is 36.0. The number of carbonyl (C=O) groups is 1. The lowest BCUT2D eigenvalue weighted by Crippen LogP contribution is -2.36. The molecule has 1 saturated heterocycles. The Bertz CT molecular complexity index is 1220. The molecule has 0 radical (unpaired) electrons. The van der Waals surface area contributed by atoms with Gasteiger partial charge in [-0.1, -0.05) is 34.1 Å². The van der Waals surface area contributed by atoms with Gasteiger partial charge < -0.3 is 19.1 Å². The van der Waals surface area contributed by atoms with Gasteiger partial charge in [-0.15, -0.1) is 0 Å². The number of para-hydroxylation sites is 1. The second kappa shape index (κ2) is 11.9. The van der Waals surface area contributed by atoms with Gasteiger partial charge in [0, 0.05) is 12.6 Å². The smallest absolute Gasteiger partial charge is 0.459 e. The summed E-state index contributed by atoms with van der Waals surface area (Å²) in [5.74, 6) is -0.466. The third-order valence-corrected chi connectivity index (χ3v) is 6.94. The number of aromatic nitrogens is 2. The van der Waals surface area contributed by atoms with E-state index in [1.807, 2.05) is 0 Å². The van der Waals surface area contributed by atoms with Crippen molar-refractivity contribution in [3.63, 3.8) is 0 Å². The Morgan fingerprint density at radius 2 is 2.11 bits per heavy atom. The maximum absolute atomic E-state index is 13.4. The lowest BCUT2D eigenvalue weighted by atomic mass is 10.2. The number of hydrogen-bond donors (Lipinski definition) is 3. The highest BCUT2D eigenvalue weighted by atomic mass is 79.9. The monoisotopic (exact) mass is 573 g/mol. The molecule has 2 heterocycles. The van der Waals surface area contributed by atoms with Crippen LogP contribution in [0.4, 0.5) is 0 Å². The molecule has 0 saturated carbocycles. The third kappa shape index (κ3) is 7.00. The molecule has 3 rings (SSSR count). The predicted molar refractivity (Wildman–Crippen MR) is 129 cm³/mol.